The fourth-order valence-electron chi connectivity index (χ4n) is 3.37. The molecule has 130 valence electrons. The SMILES string of the molecule is C[C@H]1CN(CCc2ccccc2)C(=O)[C@H]1CC(=O)Nc1ccccc1. The number of hydrogen-bond acceptors (Lipinski definition) is 2. The minimum atomic E-state index is -0.223. The molecule has 0 aliphatic carbocycles. The van der Waals surface area contributed by atoms with Crippen molar-refractivity contribution in [2.45, 2.75) is 19.8 Å². The average Bonchev–Trinajstić information content (AvgIpc) is 2.89. The van der Waals surface area contributed by atoms with Crippen molar-refractivity contribution in [1.29, 1.82) is 0 Å². The molecule has 1 saturated heterocycles. The van der Waals surface area contributed by atoms with E-state index in [1.165, 1.54) is 5.56 Å². The van der Waals surface area contributed by atoms with Gasteiger partial charge in [-0.3, -0.25) is 9.59 Å². The van der Waals surface area contributed by atoms with Gasteiger partial charge in [-0.05, 0) is 30.0 Å². The first kappa shape index (κ1) is 17.2. The Morgan fingerprint density at radius 2 is 1.72 bits per heavy atom. The van der Waals surface area contributed by atoms with Crippen LogP contribution >= 0.6 is 0 Å². The maximum Gasteiger partial charge on any atom is 0.226 e. The second kappa shape index (κ2) is 7.97. The van der Waals surface area contributed by atoms with Gasteiger partial charge in [0.25, 0.3) is 0 Å². The average molecular weight is 336 g/mol. The molecule has 0 unspecified atom stereocenters. The van der Waals surface area contributed by atoms with Crippen molar-refractivity contribution < 1.29 is 9.59 Å². The van der Waals surface area contributed by atoms with Crippen molar-refractivity contribution in [2.24, 2.45) is 11.8 Å². The largest absolute Gasteiger partial charge is 0.342 e. The van der Waals surface area contributed by atoms with Crippen molar-refractivity contribution in [2.75, 3.05) is 18.4 Å². The summed E-state index contributed by atoms with van der Waals surface area (Å²) in [7, 11) is 0. The predicted molar refractivity (Wildman–Crippen MR) is 99.1 cm³/mol. The van der Waals surface area contributed by atoms with Gasteiger partial charge >= 0.3 is 0 Å². The molecule has 2 aromatic rings. The topological polar surface area (TPSA) is 49.4 Å². The van der Waals surface area contributed by atoms with Crippen LogP contribution in [0, 0.1) is 11.8 Å². The highest BCUT2D eigenvalue weighted by Gasteiger charge is 2.38. The minimum absolute atomic E-state index is 0.0960. The third-order valence-corrected chi connectivity index (χ3v) is 4.80. The smallest absolute Gasteiger partial charge is 0.226 e. The Labute approximate surface area is 148 Å². The van der Waals surface area contributed by atoms with E-state index in [9.17, 15) is 9.59 Å². The zero-order valence-electron chi connectivity index (χ0n) is 14.5. The standard InChI is InChI=1S/C21H24N2O2/c1-16-15-23(13-12-17-8-4-2-5-9-17)21(25)19(16)14-20(24)22-18-10-6-3-7-11-18/h2-11,16,19H,12-15H2,1H3,(H,22,24)/t16-,19-/m0/s1. The maximum atomic E-state index is 12.7. The molecule has 25 heavy (non-hydrogen) atoms. The highest BCUT2D eigenvalue weighted by molar-refractivity contribution is 5.94. The number of hydrogen-bond donors (Lipinski definition) is 1. The lowest BCUT2D eigenvalue weighted by molar-refractivity contribution is -0.133. The van der Waals surface area contributed by atoms with Crippen LogP contribution in [0.4, 0.5) is 5.69 Å². The number of amides is 2. The molecule has 0 spiro atoms. The molecular formula is C21H24N2O2. The highest BCUT2D eigenvalue weighted by Crippen LogP contribution is 2.28. The molecule has 0 saturated carbocycles. The number of nitrogens with one attached hydrogen (secondary N) is 1. The van der Waals surface area contributed by atoms with Crippen molar-refractivity contribution >= 4 is 17.5 Å². The summed E-state index contributed by atoms with van der Waals surface area (Å²) < 4.78 is 0. The summed E-state index contributed by atoms with van der Waals surface area (Å²) in [5.41, 5.74) is 2.00. The Bertz CT molecular complexity index is 715. The van der Waals surface area contributed by atoms with Crippen LogP contribution in [-0.2, 0) is 16.0 Å². The second-order valence-electron chi connectivity index (χ2n) is 6.72. The molecule has 3 rings (SSSR count). The molecule has 1 aliphatic rings. The molecule has 4 nitrogen and oxygen atoms in total. The van der Waals surface area contributed by atoms with Crippen molar-refractivity contribution in [1.82, 2.24) is 4.90 Å². The number of para-hydroxylation sites is 1. The Hall–Kier alpha value is -2.62. The summed E-state index contributed by atoms with van der Waals surface area (Å²) in [4.78, 5) is 26.8. The Kier molecular flexibility index (Phi) is 5.49. The fraction of sp³-hybridized carbons (Fsp3) is 0.333. The first-order chi connectivity index (χ1) is 12.1. The maximum absolute atomic E-state index is 12.7. The Morgan fingerprint density at radius 1 is 1.08 bits per heavy atom. The molecule has 1 N–H and O–H groups in total. The lowest BCUT2D eigenvalue weighted by Crippen LogP contribution is -2.30. The van der Waals surface area contributed by atoms with Crippen LogP contribution in [0.5, 0.6) is 0 Å². The van der Waals surface area contributed by atoms with E-state index in [4.69, 9.17) is 0 Å². The van der Waals surface area contributed by atoms with Crippen LogP contribution in [0.2, 0.25) is 0 Å². The lowest BCUT2D eigenvalue weighted by atomic mass is 9.94. The zero-order valence-corrected chi connectivity index (χ0v) is 14.5. The number of likely N-dealkylation sites (tertiary alicyclic amines) is 1. The summed E-state index contributed by atoms with van der Waals surface area (Å²) in [6.07, 6.45) is 1.10. The number of carbonyl (C=O) groups is 2. The number of rotatable bonds is 6. The fourth-order valence-corrected chi connectivity index (χ4v) is 3.37. The van der Waals surface area contributed by atoms with E-state index in [1.54, 1.807) is 0 Å². The van der Waals surface area contributed by atoms with E-state index in [-0.39, 0.29) is 30.1 Å². The zero-order chi connectivity index (χ0) is 17.6. The van der Waals surface area contributed by atoms with Gasteiger partial charge in [-0.15, -0.1) is 0 Å². The Morgan fingerprint density at radius 3 is 2.40 bits per heavy atom. The van der Waals surface area contributed by atoms with Gasteiger partial charge in [0.05, 0.1) is 5.92 Å². The molecule has 2 aromatic carbocycles. The van der Waals surface area contributed by atoms with Gasteiger partial charge in [-0.2, -0.15) is 0 Å². The first-order valence-corrected chi connectivity index (χ1v) is 8.81. The van der Waals surface area contributed by atoms with Gasteiger partial charge in [0.2, 0.25) is 11.8 Å². The summed E-state index contributed by atoms with van der Waals surface area (Å²) in [5, 5.41) is 2.87. The van der Waals surface area contributed by atoms with Crippen LogP contribution in [0.25, 0.3) is 0 Å². The van der Waals surface area contributed by atoms with E-state index in [1.807, 2.05) is 53.4 Å². The minimum Gasteiger partial charge on any atom is -0.342 e. The predicted octanol–water partition coefficient (Wildman–Crippen LogP) is 3.35. The van der Waals surface area contributed by atoms with Crippen molar-refractivity contribution in [3.05, 3.63) is 66.2 Å². The lowest BCUT2D eigenvalue weighted by Gasteiger charge is -2.16. The number of benzene rings is 2. The third kappa shape index (κ3) is 4.47. The number of nitrogens with zero attached hydrogens (tertiary/aromatic N) is 1. The van der Waals surface area contributed by atoms with Crippen LogP contribution < -0.4 is 5.32 Å². The van der Waals surface area contributed by atoms with Gasteiger partial charge < -0.3 is 10.2 Å². The summed E-state index contributed by atoms with van der Waals surface area (Å²) in [6.45, 7) is 3.50. The van der Waals surface area contributed by atoms with Crippen molar-refractivity contribution in [3.63, 3.8) is 0 Å². The first-order valence-electron chi connectivity index (χ1n) is 8.81. The van der Waals surface area contributed by atoms with E-state index in [2.05, 4.69) is 24.4 Å². The molecule has 1 aliphatic heterocycles. The van der Waals surface area contributed by atoms with Gasteiger partial charge in [0.15, 0.2) is 0 Å². The second-order valence-corrected chi connectivity index (χ2v) is 6.72. The molecule has 1 fully saturated rings. The molecule has 1 heterocycles. The highest BCUT2D eigenvalue weighted by atomic mass is 16.2. The summed E-state index contributed by atoms with van der Waals surface area (Å²) in [5.74, 6) is -0.0164. The number of carbonyl (C=O) groups excluding carboxylic acids is 2. The molecular weight excluding hydrogens is 312 g/mol. The molecule has 2 amide bonds. The number of anilines is 1. The van der Waals surface area contributed by atoms with E-state index < -0.39 is 0 Å². The summed E-state index contributed by atoms with van der Waals surface area (Å²) in [6, 6.07) is 19.5. The van der Waals surface area contributed by atoms with Crippen LogP contribution in [0.3, 0.4) is 0 Å². The molecule has 0 aromatic heterocycles. The van der Waals surface area contributed by atoms with Gasteiger partial charge in [0, 0.05) is 25.2 Å². The van der Waals surface area contributed by atoms with Crippen LogP contribution in [-0.4, -0.2) is 29.8 Å². The van der Waals surface area contributed by atoms with E-state index >= 15 is 0 Å². The van der Waals surface area contributed by atoms with Crippen molar-refractivity contribution in [3.8, 4) is 0 Å². The van der Waals surface area contributed by atoms with Crippen LogP contribution in [0.15, 0.2) is 60.7 Å². The van der Waals surface area contributed by atoms with Crippen LogP contribution in [0.1, 0.15) is 18.9 Å². The Balaban J connectivity index is 1.54. The molecule has 0 bridgehead atoms. The monoisotopic (exact) mass is 336 g/mol. The van der Waals surface area contributed by atoms with Gasteiger partial charge in [0.1, 0.15) is 0 Å². The molecule has 0 radical (unpaired) electrons. The third-order valence-electron chi connectivity index (χ3n) is 4.80. The quantitative estimate of drug-likeness (QED) is 0.879. The van der Waals surface area contributed by atoms with E-state index in [0.29, 0.717) is 6.54 Å². The summed E-state index contributed by atoms with van der Waals surface area (Å²) >= 11 is 0. The van der Waals surface area contributed by atoms with Gasteiger partial charge in [-0.1, -0.05) is 55.5 Å². The normalized spacial score (nSPS) is 19.9. The van der Waals surface area contributed by atoms with E-state index in [0.717, 1.165) is 18.7 Å². The molecule has 2 atom stereocenters. The van der Waals surface area contributed by atoms with Gasteiger partial charge in [-0.25, -0.2) is 0 Å². The molecule has 4 heteroatoms.